The minimum absolute atomic E-state index is 0.0816. The first-order valence-electron chi connectivity index (χ1n) is 9.92. The zero-order chi connectivity index (χ0) is 24.4. The molecule has 2 heterocycles. The average molecular weight is 520 g/mol. The van der Waals surface area contributed by atoms with Crippen molar-refractivity contribution in [1.29, 1.82) is 0 Å². The number of aromatic nitrogens is 1. The number of hydrogen-bond donors (Lipinski definition) is 2. The number of hydrogen-bond acceptors (Lipinski definition) is 9. The summed E-state index contributed by atoms with van der Waals surface area (Å²) in [7, 11) is 4.82. The number of ether oxygens (including phenoxy) is 3. The molecule has 1 aromatic rings. The van der Waals surface area contributed by atoms with Crippen molar-refractivity contribution < 1.29 is 28.6 Å². The molecule has 0 bridgehead atoms. The summed E-state index contributed by atoms with van der Waals surface area (Å²) in [6.45, 7) is 5.59. The lowest BCUT2D eigenvalue weighted by atomic mass is 10.4. The van der Waals surface area contributed by atoms with E-state index in [1.165, 1.54) is 11.1 Å². The second-order valence-corrected chi connectivity index (χ2v) is 7.23. The molecule has 1 aliphatic heterocycles. The Kier molecular flexibility index (Phi) is 17.5. The molecular formula is C20H34BrN5O6. The third-order valence-corrected chi connectivity index (χ3v) is 4.22. The van der Waals surface area contributed by atoms with Gasteiger partial charge in [-0.25, -0.2) is 14.7 Å². The lowest BCUT2D eigenvalue weighted by Crippen LogP contribution is -2.34. The van der Waals surface area contributed by atoms with Crippen LogP contribution in [0.4, 0.5) is 10.5 Å². The molecule has 32 heavy (non-hydrogen) atoms. The summed E-state index contributed by atoms with van der Waals surface area (Å²) in [4.78, 5) is 40.8. The second-order valence-electron chi connectivity index (χ2n) is 6.42. The number of Topliss-reactive ketones (excluding diaryl/α,β-unsaturated/α-hetero) is 1. The Morgan fingerprint density at radius 3 is 2.28 bits per heavy atom. The minimum atomic E-state index is -0.332. The minimum Gasteiger partial charge on any atom is -0.383 e. The van der Waals surface area contributed by atoms with E-state index >= 15 is 0 Å². The zero-order valence-electron chi connectivity index (χ0n) is 19.1. The van der Waals surface area contributed by atoms with Crippen molar-refractivity contribution in [2.24, 2.45) is 5.73 Å². The number of anilines is 1. The van der Waals surface area contributed by atoms with Crippen molar-refractivity contribution in [3.05, 3.63) is 22.9 Å². The SMILES string of the molecule is COCCN.COCCN1CC(=O)N(c2ccc(Br)nc2)C1=O.COCCNCC(C)=O. The number of imide groups is 1. The molecule has 0 spiro atoms. The van der Waals surface area contributed by atoms with Gasteiger partial charge in [-0.1, -0.05) is 0 Å². The maximum atomic E-state index is 12.0. The van der Waals surface area contributed by atoms with E-state index in [1.807, 2.05) is 0 Å². The van der Waals surface area contributed by atoms with Crippen LogP contribution in [0.25, 0.3) is 0 Å². The third kappa shape index (κ3) is 12.8. The van der Waals surface area contributed by atoms with Crippen LogP contribution in [0.3, 0.4) is 0 Å². The smallest absolute Gasteiger partial charge is 0.332 e. The molecule has 1 aliphatic rings. The van der Waals surface area contributed by atoms with Gasteiger partial charge >= 0.3 is 6.03 Å². The fraction of sp³-hybridized carbons (Fsp3) is 0.600. The highest BCUT2D eigenvalue weighted by Gasteiger charge is 2.36. The van der Waals surface area contributed by atoms with Crippen LogP contribution in [0, 0.1) is 0 Å². The fourth-order valence-corrected chi connectivity index (χ4v) is 2.47. The molecule has 0 radical (unpaired) electrons. The van der Waals surface area contributed by atoms with Gasteiger partial charge in [0.2, 0.25) is 0 Å². The lowest BCUT2D eigenvalue weighted by molar-refractivity contribution is -0.117. The lowest BCUT2D eigenvalue weighted by Gasteiger charge is -2.16. The number of pyridine rings is 1. The summed E-state index contributed by atoms with van der Waals surface area (Å²) in [6.07, 6.45) is 1.49. The van der Waals surface area contributed by atoms with Crippen LogP contribution < -0.4 is 16.0 Å². The molecule has 0 atom stereocenters. The maximum absolute atomic E-state index is 12.0. The van der Waals surface area contributed by atoms with Gasteiger partial charge in [-0.05, 0) is 35.0 Å². The van der Waals surface area contributed by atoms with Gasteiger partial charge in [0, 0.05) is 41.0 Å². The number of amides is 3. The second kappa shape index (κ2) is 18.6. The van der Waals surface area contributed by atoms with Gasteiger partial charge in [-0.15, -0.1) is 0 Å². The number of nitrogens with one attached hydrogen (secondary N) is 1. The Morgan fingerprint density at radius 1 is 1.16 bits per heavy atom. The molecule has 1 fully saturated rings. The van der Waals surface area contributed by atoms with Crippen molar-refractivity contribution in [2.75, 3.05) is 78.8 Å². The summed E-state index contributed by atoms with van der Waals surface area (Å²) in [5.74, 6) is -0.0914. The number of nitrogens with two attached hydrogens (primary N) is 1. The summed E-state index contributed by atoms with van der Waals surface area (Å²) >= 11 is 3.20. The molecule has 0 aromatic carbocycles. The number of ketones is 1. The van der Waals surface area contributed by atoms with Crippen LogP contribution in [0.1, 0.15) is 6.92 Å². The van der Waals surface area contributed by atoms with E-state index in [0.717, 1.165) is 11.4 Å². The van der Waals surface area contributed by atoms with E-state index < -0.39 is 0 Å². The van der Waals surface area contributed by atoms with Crippen molar-refractivity contribution in [3.8, 4) is 0 Å². The Balaban J connectivity index is 0.000000574. The van der Waals surface area contributed by atoms with Crippen molar-refractivity contribution >= 4 is 39.3 Å². The molecule has 2 rings (SSSR count). The summed E-state index contributed by atoms with van der Waals surface area (Å²) in [6, 6.07) is 3.03. The highest BCUT2D eigenvalue weighted by Crippen LogP contribution is 2.21. The van der Waals surface area contributed by atoms with Crippen LogP contribution in [0.2, 0.25) is 0 Å². The highest BCUT2D eigenvalue weighted by atomic mass is 79.9. The molecule has 1 saturated heterocycles. The Bertz CT molecular complexity index is 675. The summed E-state index contributed by atoms with van der Waals surface area (Å²) < 4.78 is 14.9. The fourth-order valence-electron chi connectivity index (χ4n) is 2.24. The maximum Gasteiger partial charge on any atom is 0.332 e. The normalized spacial score (nSPS) is 12.8. The van der Waals surface area contributed by atoms with Crippen LogP contribution in [-0.4, -0.2) is 101 Å². The molecule has 12 heteroatoms. The number of rotatable bonds is 11. The van der Waals surface area contributed by atoms with Crippen LogP contribution in [0.5, 0.6) is 0 Å². The molecule has 182 valence electrons. The van der Waals surface area contributed by atoms with Crippen LogP contribution in [0.15, 0.2) is 22.9 Å². The third-order valence-electron chi connectivity index (χ3n) is 3.75. The van der Waals surface area contributed by atoms with Gasteiger partial charge in [0.25, 0.3) is 5.91 Å². The molecule has 3 N–H and O–H groups in total. The molecule has 3 amide bonds. The monoisotopic (exact) mass is 519 g/mol. The predicted molar refractivity (Wildman–Crippen MR) is 125 cm³/mol. The van der Waals surface area contributed by atoms with E-state index in [1.54, 1.807) is 40.4 Å². The first-order valence-corrected chi connectivity index (χ1v) is 10.7. The number of nitrogens with zero attached hydrogens (tertiary/aromatic N) is 3. The van der Waals surface area contributed by atoms with Gasteiger partial charge in [-0.3, -0.25) is 9.59 Å². The summed E-state index contributed by atoms with van der Waals surface area (Å²) in [5, 5.41) is 2.91. The number of carbonyl (C=O) groups is 3. The van der Waals surface area contributed by atoms with E-state index in [2.05, 4.69) is 31.0 Å². The van der Waals surface area contributed by atoms with Crippen molar-refractivity contribution in [3.63, 3.8) is 0 Å². The Morgan fingerprint density at radius 2 is 1.81 bits per heavy atom. The van der Waals surface area contributed by atoms with E-state index in [0.29, 0.717) is 49.7 Å². The van der Waals surface area contributed by atoms with E-state index in [-0.39, 0.29) is 24.3 Å². The van der Waals surface area contributed by atoms with E-state index in [4.69, 9.17) is 15.2 Å². The average Bonchev–Trinajstić information content (AvgIpc) is 3.05. The molecule has 1 aromatic heterocycles. The molecular weight excluding hydrogens is 486 g/mol. The molecule has 0 aliphatic carbocycles. The first kappa shape index (κ1) is 30.0. The van der Waals surface area contributed by atoms with Gasteiger partial charge in [0.1, 0.15) is 16.9 Å². The Labute approximate surface area is 197 Å². The quantitative estimate of drug-likeness (QED) is 0.245. The van der Waals surface area contributed by atoms with Crippen LogP contribution in [-0.2, 0) is 23.8 Å². The van der Waals surface area contributed by atoms with Crippen molar-refractivity contribution in [2.45, 2.75) is 6.92 Å². The highest BCUT2D eigenvalue weighted by molar-refractivity contribution is 9.10. The number of halogens is 1. The van der Waals surface area contributed by atoms with Gasteiger partial charge in [0.15, 0.2) is 0 Å². The van der Waals surface area contributed by atoms with Gasteiger partial charge in [-0.2, -0.15) is 0 Å². The number of methoxy groups -OCH3 is 3. The predicted octanol–water partition coefficient (Wildman–Crippen LogP) is 0.662. The zero-order valence-corrected chi connectivity index (χ0v) is 20.7. The Hall–Kier alpha value is -1.96. The molecule has 0 saturated carbocycles. The topological polar surface area (TPSA) is 136 Å². The first-order chi connectivity index (χ1) is 15.3. The largest absolute Gasteiger partial charge is 0.383 e. The standard InChI is InChI=1S/C11H12BrN3O3.C6H13NO2.C3H9NO/c1-18-5-4-14-7-10(16)15(11(14)17)8-2-3-9(12)13-6-8;1-6(8)5-7-3-4-9-2;1-5-3-2-4/h2-3,6H,4-5,7H2,1H3;7H,3-5H2,1-2H3;2-4H2,1H3. The number of carbonyl (C=O) groups excluding carboxylic acids is 3. The van der Waals surface area contributed by atoms with E-state index in [9.17, 15) is 14.4 Å². The van der Waals surface area contributed by atoms with Crippen molar-refractivity contribution in [1.82, 2.24) is 15.2 Å². The van der Waals surface area contributed by atoms with Gasteiger partial charge < -0.3 is 30.2 Å². The number of urea groups is 1. The van der Waals surface area contributed by atoms with Crippen LogP contribution >= 0.6 is 15.9 Å². The summed E-state index contributed by atoms with van der Waals surface area (Å²) in [5.41, 5.74) is 5.49. The van der Waals surface area contributed by atoms with Gasteiger partial charge in [0.05, 0.1) is 38.2 Å². The molecule has 0 unspecified atom stereocenters. The molecule has 11 nitrogen and oxygen atoms in total.